The average Bonchev–Trinajstić information content (AvgIpc) is 3.84. The van der Waals surface area contributed by atoms with Crippen LogP contribution < -0.4 is 0 Å². The number of rotatable bonds is 4. The molecule has 0 fully saturated rings. The fourth-order valence-corrected chi connectivity index (χ4v) is 8.13. The standard InChI is InChI=1S/C48H30N2O/c1-2-10-31(11-3-1)34-22-27-40-42-29-46-41(30-48(42)51-47(40)28-34)39-14-6-9-17-45(39)50(46)36-25-20-33(21-26-36)32-18-23-35(24-19-32)49-43-15-7-4-12-37(43)38-13-5-8-16-44(38)49/h1-30H. The molecule has 0 aliphatic carbocycles. The lowest BCUT2D eigenvalue weighted by Crippen LogP contribution is -1.94. The number of para-hydroxylation sites is 3. The van der Waals surface area contributed by atoms with Crippen LogP contribution in [0.5, 0.6) is 0 Å². The van der Waals surface area contributed by atoms with Gasteiger partial charge in [0, 0.05) is 43.7 Å². The molecule has 0 bridgehead atoms. The molecule has 0 saturated carbocycles. The van der Waals surface area contributed by atoms with Gasteiger partial charge in [-0.15, -0.1) is 0 Å². The highest BCUT2D eigenvalue weighted by atomic mass is 16.3. The minimum atomic E-state index is 0.906. The predicted molar refractivity (Wildman–Crippen MR) is 213 cm³/mol. The summed E-state index contributed by atoms with van der Waals surface area (Å²) in [6, 6.07) is 65.4. The van der Waals surface area contributed by atoms with Crippen molar-refractivity contribution in [3.05, 3.63) is 182 Å². The van der Waals surface area contributed by atoms with Crippen molar-refractivity contribution in [2.24, 2.45) is 0 Å². The Morgan fingerprint density at radius 2 is 0.725 bits per heavy atom. The van der Waals surface area contributed by atoms with Gasteiger partial charge >= 0.3 is 0 Å². The summed E-state index contributed by atoms with van der Waals surface area (Å²) < 4.78 is 11.3. The third kappa shape index (κ3) is 4.25. The van der Waals surface area contributed by atoms with Crippen LogP contribution in [0, 0.1) is 0 Å². The third-order valence-electron chi connectivity index (χ3n) is 10.5. The smallest absolute Gasteiger partial charge is 0.136 e. The van der Waals surface area contributed by atoms with Crippen molar-refractivity contribution in [2.45, 2.75) is 0 Å². The van der Waals surface area contributed by atoms with Gasteiger partial charge in [0.05, 0.1) is 22.1 Å². The van der Waals surface area contributed by atoms with Gasteiger partial charge in [0.1, 0.15) is 11.2 Å². The molecule has 0 aliphatic heterocycles. The second kappa shape index (κ2) is 10.8. The lowest BCUT2D eigenvalue weighted by Gasteiger charge is -2.11. The van der Waals surface area contributed by atoms with E-state index in [-0.39, 0.29) is 0 Å². The van der Waals surface area contributed by atoms with Crippen LogP contribution in [0.25, 0.3) is 99.2 Å². The number of benzene rings is 8. The number of fused-ring (bicyclic) bond motifs is 9. The minimum absolute atomic E-state index is 0.906. The quantitative estimate of drug-likeness (QED) is 0.186. The van der Waals surface area contributed by atoms with Crippen LogP contribution in [0.4, 0.5) is 0 Å². The van der Waals surface area contributed by atoms with E-state index in [1.165, 1.54) is 60.3 Å². The molecular formula is C48H30N2O. The number of nitrogens with zero attached hydrogens (tertiary/aromatic N) is 2. The van der Waals surface area contributed by atoms with Crippen LogP contribution in [0.15, 0.2) is 186 Å². The maximum atomic E-state index is 6.51. The van der Waals surface area contributed by atoms with E-state index < -0.39 is 0 Å². The van der Waals surface area contributed by atoms with Crippen molar-refractivity contribution in [3.8, 4) is 33.6 Å². The summed E-state index contributed by atoms with van der Waals surface area (Å²) >= 11 is 0. The second-order valence-electron chi connectivity index (χ2n) is 13.4. The molecule has 0 saturated heterocycles. The largest absolute Gasteiger partial charge is 0.456 e. The fourth-order valence-electron chi connectivity index (χ4n) is 8.13. The van der Waals surface area contributed by atoms with E-state index in [9.17, 15) is 0 Å². The molecule has 3 aromatic heterocycles. The maximum Gasteiger partial charge on any atom is 0.136 e. The van der Waals surface area contributed by atoms with Gasteiger partial charge in [-0.3, -0.25) is 0 Å². The van der Waals surface area contributed by atoms with Gasteiger partial charge in [0.25, 0.3) is 0 Å². The van der Waals surface area contributed by atoms with E-state index in [2.05, 4.69) is 185 Å². The molecule has 0 unspecified atom stereocenters. The molecular weight excluding hydrogens is 621 g/mol. The van der Waals surface area contributed by atoms with E-state index in [0.29, 0.717) is 0 Å². The molecule has 8 aromatic carbocycles. The Hall–Kier alpha value is -6.84. The summed E-state index contributed by atoms with van der Waals surface area (Å²) in [5.41, 5.74) is 13.6. The zero-order valence-electron chi connectivity index (χ0n) is 27.6. The highest BCUT2D eigenvalue weighted by molar-refractivity contribution is 6.17. The molecule has 0 N–H and O–H groups in total. The van der Waals surface area contributed by atoms with Gasteiger partial charge in [0.2, 0.25) is 0 Å². The molecule has 238 valence electrons. The Bertz CT molecular complexity index is 3050. The average molecular weight is 651 g/mol. The van der Waals surface area contributed by atoms with Crippen LogP contribution in [-0.4, -0.2) is 9.13 Å². The van der Waals surface area contributed by atoms with E-state index in [1.807, 2.05) is 6.07 Å². The highest BCUT2D eigenvalue weighted by Crippen LogP contribution is 2.40. The van der Waals surface area contributed by atoms with Crippen molar-refractivity contribution in [1.82, 2.24) is 9.13 Å². The molecule has 11 rings (SSSR count). The Labute approximate surface area is 293 Å². The summed E-state index contributed by atoms with van der Waals surface area (Å²) in [6.07, 6.45) is 0. The molecule has 11 aromatic rings. The fraction of sp³-hybridized carbons (Fsp3) is 0. The first-order valence-electron chi connectivity index (χ1n) is 17.4. The topological polar surface area (TPSA) is 23.0 Å². The first-order chi connectivity index (χ1) is 25.3. The number of hydrogen-bond donors (Lipinski definition) is 0. The molecule has 0 spiro atoms. The summed E-state index contributed by atoms with van der Waals surface area (Å²) in [5, 5.41) is 7.20. The Morgan fingerprint density at radius 1 is 0.275 bits per heavy atom. The summed E-state index contributed by atoms with van der Waals surface area (Å²) in [5.74, 6) is 0. The molecule has 0 amide bonds. The zero-order chi connectivity index (χ0) is 33.5. The molecule has 0 aliphatic rings. The minimum Gasteiger partial charge on any atom is -0.456 e. The van der Waals surface area contributed by atoms with Crippen molar-refractivity contribution in [2.75, 3.05) is 0 Å². The van der Waals surface area contributed by atoms with Crippen LogP contribution in [0.3, 0.4) is 0 Å². The molecule has 3 nitrogen and oxygen atoms in total. The number of aromatic nitrogens is 2. The van der Waals surface area contributed by atoms with Crippen molar-refractivity contribution < 1.29 is 4.42 Å². The first-order valence-corrected chi connectivity index (χ1v) is 17.4. The van der Waals surface area contributed by atoms with Crippen molar-refractivity contribution in [1.29, 1.82) is 0 Å². The SMILES string of the molecule is c1ccc(-c2ccc3c(c2)oc2cc4c5ccccc5n(-c5ccc(-c6ccc(-n7c8ccccc8c8ccccc87)cc6)cc5)c4cc23)cc1. The molecule has 3 heteroatoms. The summed E-state index contributed by atoms with van der Waals surface area (Å²) in [7, 11) is 0. The number of hydrogen-bond acceptors (Lipinski definition) is 1. The van der Waals surface area contributed by atoms with E-state index in [0.717, 1.165) is 38.9 Å². The molecule has 3 heterocycles. The van der Waals surface area contributed by atoms with Crippen molar-refractivity contribution in [3.63, 3.8) is 0 Å². The van der Waals surface area contributed by atoms with Gasteiger partial charge in [-0.05, 0) is 89.0 Å². The van der Waals surface area contributed by atoms with Gasteiger partial charge in [-0.1, -0.05) is 115 Å². The first kappa shape index (κ1) is 28.0. The highest BCUT2D eigenvalue weighted by Gasteiger charge is 2.17. The van der Waals surface area contributed by atoms with Crippen LogP contribution >= 0.6 is 0 Å². The zero-order valence-corrected chi connectivity index (χ0v) is 27.6. The van der Waals surface area contributed by atoms with E-state index in [1.54, 1.807) is 0 Å². The van der Waals surface area contributed by atoms with Gasteiger partial charge in [-0.2, -0.15) is 0 Å². The lowest BCUT2D eigenvalue weighted by atomic mass is 10.0. The summed E-state index contributed by atoms with van der Waals surface area (Å²) in [6.45, 7) is 0. The predicted octanol–water partition coefficient (Wildman–Crippen LogP) is 13.1. The normalized spacial score (nSPS) is 11.9. The Morgan fingerprint density at radius 3 is 1.31 bits per heavy atom. The summed E-state index contributed by atoms with van der Waals surface area (Å²) in [4.78, 5) is 0. The van der Waals surface area contributed by atoms with Crippen molar-refractivity contribution >= 4 is 65.6 Å². The third-order valence-corrected chi connectivity index (χ3v) is 10.5. The van der Waals surface area contributed by atoms with Crippen LogP contribution in [-0.2, 0) is 0 Å². The van der Waals surface area contributed by atoms with Gasteiger partial charge < -0.3 is 13.6 Å². The molecule has 0 radical (unpaired) electrons. The molecule has 0 atom stereocenters. The van der Waals surface area contributed by atoms with Gasteiger partial charge in [-0.25, -0.2) is 0 Å². The van der Waals surface area contributed by atoms with Crippen LogP contribution in [0.1, 0.15) is 0 Å². The van der Waals surface area contributed by atoms with Crippen LogP contribution in [0.2, 0.25) is 0 Å². The second-order valence-corrected chi connectivity index (χ2v) is 13.4. The monoisotopic (exact) mass is 650 g/mol. The maximum absolute atomic E-state index is 6.51. The molecule has 51 heavy (non-hydrogen) atoms. The lowest BCUT2D eigenvalue weighted by molar-refractivity contribution is 0.669. The number of furan rings is 1. The Kier molecular flexibility index (Phi) is 5.96. The Balaban J connectivity index is 0.998. The van der Waals surface area contributed by atoms with E-state index in [4.69, 9.17) is 4.42 Å². The van der Waals surface area contributed by atoms with E-state index >= 15 is 0 Å². The van der Waals surface area contributed by atoms with Gasteiger partial charge in [0.15, 0.2) is 0 Å².